The van der Waals surface area contributed by atoms with Gasteiger partial charge in [-0.15, -0.1) is 11.3 Å². The second-order valence-corrected chi connectivity index (χ2v) is 5.79. The van der Waals surface area contributed by atoms with Gasteiger partial charge in [-0.05, 0) is 53.8 Å². The lowest BCUT2D eigenvalue weighted by Crippen LogP contribution is -2.00. The van der Waals surface area contributed by atoms with E-state index in [4.69, 9.17) is 12.2 Å². The van der Waals surface area contributed by atoms with Crippen molar-refractivity contribution in [3.8, 4) is 0 Å². The first kappa shape index (κ1) is 12.6. The lowest BCUT2D eigenvalue weighted by Gasteiger charge is -2.05. The number of H-pyrrole nitrogens is 1. The molecule has 0 atom stereocenters. The van der Waals surface area contributed by atoms with E-state index in [0.29, 0.717) is 11.3 Å². The Bertz CT molecular complexity index is 782. The molecule has 1 N–H and O–H groups in total. The zero-order valence-electron chi connectivity index (χ0n) is 10.4. The smallest absolute Gasteiger partial charge is 0.178 e. The topological polar surface area (TPSA) is 20.7 Å². The van der Waals surface area contributed by atoms with E-state index >= 15 is 0 Å². The van der Waals surface area contributed by atoms with E-state index in [9.17, 15) is 4.39 Å². The molecular weight excluding hydrogens is 279 g/mol. The summed E-state index contributed by atoms with van der Waals surface area (Å²) in [5.74, 6) is -0.239. The second-order valence-electron chi connectivity index (χ2n) is 4.40. The number of nitrogens with one attached hydrogen (secondary N) is 1. The molecule has 2 nitrogen and oxygen atoms in total. The summed E-state index contributed by atoms with van der Waals surface area (Å²) in [6, 6.07) is 6.84. The number of nitrogens with zero attached hydrogens (tertiary/aromatic N) is 1. The molecule has 0 unspecified atom stereocenters. The van der Waals surface area contributed by atoms with Crippen molar-refractivity contribution >= 4 is 34.6 Å². The van der Waals surface area contributed by atoms with Gasteiger partial charge in [0.05, 0.1) is 17.6 Å². The first-order valence-electron chi connectivity index (χ1n) is 6.12. The van der Waals surface area contributed by atoms with Crippen LogP contribution in [0.5, 0.6) is 0 Å². The molecule has 0 fully saturated rings. The van der Waals surface area contributed by atoms with Gasteiger partial charge in [-0.25, -0.2) is 4.39 Å². The molecule has 0 radical (unpaired) electrons. The number of benzene rings is 1. The zero-order valence-corrected chi connectivity index (χ0v) is 12.1. The van der Waals surface area contributed by atoms with Crippen LogP contribution < -0.4 is 0 Å². The molecule has 0 spiro atoms. The van der Waals surface area contributed by atoms with Crippen LogP contribution >= 0.6 is 23.6 Å². The molecule has 5 heteroatoms. The van der Waals surface area contributed by atoms with Crippen molar-refractivity contribution in [3.05, 3.63) is 50.7 Å². The van der Waals surface area contributed by atoms with Crippen molar-refractivity contribution in [1.29, 1.82) is 0 Å². The van der Waals surface area contributed by atoms with E-state index in [0.717, 1.165) is 17.5 Å². The molecule has 0 aliphatic heterocycles. The quantitative estimate of drug-likeness (QED) is 0.704. The lowest BCUT2D eigenvalue weighted by molar-refractivity contribution is 0.628. The van der Waals surface area contributed by atoms with Crippen molar-refractivity contribution in [2.24, 2.45) is 0 Å². The van der Waals surface area contributed by atoms with Crippen LogP contribution in [0, 0.1) is 10.6 Å². The van der Waals surface area contributed by atoms with Crippen molar-refractivity contribution in [2.75, 3.05) is 0 Å². The number of rotatable bonds is 3. The lowest BCUT2D eigenvalue weighted by atomic mass is 10.2. The minimum atomic E-state index is -0.239. The number of aryl methyl sites for hydroxylation is 1. The highest BCUT2D eigenvalue weighted by Gasteiger charge is 2.09. The Morgan fingerprint density at radius 1 is 1.37 bits per heavy atom. The summed E-state index contributed by atoms with van der Waals surface area (Å²) in [5.41, 5.74) is 3.03. The molecule has 19 heavy (non-hydrogen) atoms. The minimum absolute atomic E-state index is 0.239. The number of halogens is 1. The molecule has 0 bridgehead atoms. The van der Waals surface area contributed by atoms with Gasteiger partial charge in [0, 0.05) is 4.88 Å². The van der Waals surface area contributed by atoms with Gasteiger partial charge in [-0.1, -0.05) is 6.92 Å². The summed E-state index contributed by atoms with van der Waals surface area (Å²) >= 11 is 7.06. The van der Waals surface area contributed by atoms with Gasteiger partial charge >= 0.3 is 0 Å². The van der Waals surface area contributed by atoms with Gasteiger partial charge < -0.3 is 9.55 Å². The van der Waals surface area contributed by atoms with Gasteiger partial charge in [0.15, 0.2) is 4.77 Å². The maximum Gasteiger partial charge on any atom is 0.178 e. The first-order chi connectivity index (χ1) is 9.19. The zero-order chi connectivity index (χ0) is 13.4. The number of aromatic nitrogens is 2. The van der Waals surface area contributed by atoms with Crippen LogP contribution in [0.1, 0.15) is 17.4 Å². The van der Waals surface area contributed by atoms with Crippen LogP contribution in [0.25, 0.3) is 11.0 Å². The van der Waals surface area contributed by atoms with E-state index < -0.39 is 0 Å². The molecule has 3 rings (SSSR count). The van der Waals surface area contributed by atoms with Crippen molar-refractivity contribution in [1.82, 2.24) is 9.55 Å². The fraction of sp³-hybridized carbons (Fsp3) is 0.214. The Morgan fingerprint density at radius 2 is 2.21 bits per heavy atom. The van der Waals surface area contributed by atoms with Gasteiger partial charge in [-0.2, -0.15) is 0 Å². The largest absolute Gasteiger partial charge is 0.331 e. The predicted molar refractivity (Wildman–Crippen MR) is 79.9 cm³/mol. The molecule has 0 saturated heterocycles. The molecule has 0 aliphatic carbocycles. The molecule has 2 heterocycles. The number of aromatic amines is 1. The van der Waals surface area contributed by atoms with Crippen molar-refractivity contribution in [2.45, 2.75) is 19.9 Å². The standard InChI is InChI=1S/C14H13FN2S2/c1-2-9-5-6-19-13(9)8-17-12-7-10(15)3-4-11(12)16-14(17)18/h3-7H,2,8H2,1H3,(H,16,18). The highest BCUT2D eigenvalue weighted by atomic mass is 32.1. The molecule has 0 amide bonds. The van der Waals surface area contributed by atoms with Gasteiger partial charge in [-0.3, -0.25) is 0 Å². The molecular formula is C14H13FN2S2. The van der Waals surface area contributed by atoms with E-state index in [2.05, 4.69) is 23.4 Å². The monoisotopic (exact) mass is 292 g/mol. The van der Waals surface area contributed by atoms with Crippen LogP contribution in [-0.2, 0) is 13.0 Å². The van der Waals surface area contributed by atoms with Crippen molar-refractivity contribution < 1.29 is 4.39 Å². The molecule has 0 aliphatic rings. The number of hydrogen-bond donors (Lipinski definition) is 1. The fourth-order valence-electron chi connectivity index (χ4n) is 2.25. The van der Waals surface area contributed by atoms with Crippen LogP contribution in [-0.4, -0.2) is 9.55 Å². The van der Waals surface area contributed by atoms with Crippen LogP contribution in [0.4, 0.5) is 4.39 Å². The first-order valence-corrected chi connectivity index (χ1v) is 7.41. The van der Waals surface area contributed by atoms with Gasteiger partial charge in [0.25, 0.3) is 0 Å². The van der Waals surface area contributed by atoms with Gasteiger partial charge in [0.2, 0.25) is 0 Å². The van der Waals surface area contributed by atoms with Crippen molar-refractivity contribution in [3.63, 3.8) is 0 Å². The number of fused-ring (bicyclic) bond motifs is 1. The third kappa shape index (κ3) is 2.24. The summed E-state index contributed by atoms with van der Waals surface area (Å²) in [4.78, 5) is 4.40. The molecule has 3 aromatic rings. The third-order valence-electron chi connectivity index (χ3n) is 3.26. The summed E-state index contributed by atoms with van der Waals surface area (Å²) < 4.78 is 16.0. The Morgan fingerprint density at radius 3 is 3.00 bits per heavy atom. The Balaban J connectivity index is 2.12. The summed E-state index contributed by atoms with van der Waals surface area (Å²) in [5, 5.41) is 2.09. The molecule has 1 aromatic carbocycles. The molecule has 2 aromatic heterocycles. The average Bonchev–Trinajstić information content (AvgIpc) is 2.96. The Hall–Kier alpha value is -1.46. The minimum Gasteiger partial charge on any atom is -0.331 e. The maximum atomic E-state index is 13.4. The van der Waals surface area contributed by atoms with E-state index in [1.165, 1.54) is 22.6 Å². The SMILES string of the molecule is CCc1ccsc1Cn1c(=S)[nH]c2ccc(F)cc21. The Kier molecular flexibility index (Phi) is 3.24. The average molecular weight is 292 g/mol. The highest BCUT2D eigenvalue weighted by molar-refractivity contribution is 7.71. The van der Waals surface area contributed by atoms with E-state index in [1.54, 1.807) is 17.4 Å². The second kappa shape index (κ2) is 4.90. The summed E-state index contributed by atoms with van der Waals surface area (Å²) in [6.45, 7) is 2.84. The number of thiophene rings is 1. The van der Waals surface area contributed by atoms with E-state index in [1.807, 2.05) is 4.57 Å². The van der Waals surface area contributed by atoms with Crippen LogP contribution in [0.2, 0.25) is 0 Å². The van der Waals surface area contributed by atoms with Crippen LogP contribution in [0.3, 0.4) is 0 Å². The highest BCUT2D eigenvalue weighted by Crippen LogP contribution is 2.22. The third-order valence-corrected chi connectivity index (χ3v) is 4.53. The Labute approximate surface area is 119 Å². The maximum absolute atomic E-state index is 13.4. The number of imidazole rings is 1. The number of hydrogen-bond acceptors (Lipinski definition) is 2. The fourth-order valence-corrected chi connectivity index (χ4v) is 3.48. The van der Waals surface area contributed by atoms with E-state index in [-0.39, 0.29) is 5.82 Å². The summed E-state index contributed by atoms with van der Waals surface area (Å²) in [7, 11) is 0. The van der Waals surface area contributed by atoms with Gasteiger partial charge in [0.1, 0.15) is 5.82 Å². The summed E-state index contributed by atoms with van der Waals surface area (Å²) in [6.07, 6.45) is 1.00. The normalized spacial score (nSPS) is 11.3. The molecule has 98 valence electrons. The predicted octanol–water partition coefficient (Wildman–Crippen LogP) is 4.51. The van der Waals surface area contributed by atoms with Crippen LogP contribution in [0.15, 0.2) is 29.6 Å². The molecule has 0 saturated carbocycles.